The lowest BCUT2D eigenvalue weighted by molar-refractivity contribution is 0.0727. The number of nitrogens with one attached hydrogen (secondary N) is 1. The van der Waals surface area contributed by atoms with Gasteiger partial charge in [-0.25, -0.2) is 0 Å². The molecule has 1 aliphatic heterocycles. The van der Waals surface area contributed by atoms with Crippen LogP contribution in [0.1, 0.15) is 30.6 Å². The number of carbonyl (C=O) groups is 1. The van der Waals surface area contributed by atoms with Crippen molar-refractivity contribution in [3.8, 4) is 0 Å². The van der Waals surface area contributed by atoms with Crippen molar-refractivity contribution in [1.29, 1.82) is 0 Å². The van der Waals surface area contributed by atoms with E-state index in [4.69, 9.17) is 16.3 Å². The van der Waals surface area contributed by atoms with E-state index in [9.17, 15) is 4.79 Å². The van der Waals surface area contributed by atoms with Crippen molar-refractivity contribution in [2.75, 3.05) is 6.61 Å². The van der Waals surface area contributed by atoms with Crippen molar-refractivity contribution in [2.24, 2.45) is 0 Å². The molecule has 1 amide bonds. The smallest absolute Gasteiger partial charge is 0.252 e. The Morgan fingerprint density at radius 1 is 1.61 bits per heavy atom. The summed E-state index contributed by atoms with van der Waals surface area (Å²) in [5.41, 5.74) is 0.224. The van der Waals surface area contributed by atoms with Crippen LogP contribution in [0.25, 0.3) is 0 Å². The molecule has 3 nitrogen and oxygen atoms in total. The summed E-state index contributed by atoms with van der Waals surface area (Å²) in [6.45, 7) is 4.65. The molecule has 1 heterocycles. The van der Waals surface area contributed by atoms with Crippen LogP contribution in [0.15, 0.2) is 22.7 Å². The van der Waals surface area contributed by atoms with E-state index >= 15 is 0 Å². The van der Waals surface area contributed by atoms with E-state index in [0.29, 0.717) is 17.2 Å². The van der Waals surface area contributed by atoms with E-state index in [1.54, 1.807) is 18.2 Å². The Bertz CT molecular complexity index is 480. The molecule has 1 saturated heterocycles. The van der Waals surface area contributed by atoms with Crippen molar-refractivity contribution in [3.05, 3.63) is 33.3 Å². The molecule has 5 heteroatoms. The SMILES string of the molecule is CC1OCCC1(C)NC(=O)c1cc(Cl)ccc1Br. The van der Waals surface area contributed by atoms with E-state index in [0.717, 1.165) is 10.9 Å². The van der Waals surface area contributed by atoms with Gasteiger partial charge >= 0.3 is 0 Å². The summed E-state index contributed by atoms with van der Waals surface area (Å²) in [4.78, 5) is 12.3. The monoisotopic (exact) mass is 331 g/mol. The van der Waals surface area contributed by atoms with Crippen molar-refractivity contribution >= 4 is 33.4 Å². The summed E-state index contributed by atoms with van der Waals surface area (Å²) in [5, 5.41) is 3.58. The summed E-state index contributed by atoms with van der Waals surface area (Å²) in [5.74, 6) is -0.135. The molecule has 0 spiro atoms. The third-order valence-electron chi connectivity index (χ3n) is 3.46. The average Bonchev–Trinajstić information content (AvgIpc) is 2.62. The molecule has 0 aliphatic carbocycles. The highest BCUT2D eigenvalue weighted by Gasteiger charge is 2.38. The minimum absolute atomic E-state index is 0.0133. The maximum Gasteiger partial charge on any atom is 0.252 e. The molecule has 0 radical (unpaired) electrons. The van der Waals surface area contributed by atoms with Crippen LogP contribution < -0.4 is 5.32 Å². The zero-order valence-electron chi connectivity index (χ0n) is 10.3. The summed E-state index contributed by atoms with van der Waals surface area (Å²) in [6, 6.07) is 5.17. The fourth-order valence-corrected chi connectivity index (χ4v) is 2.60. The molecule has 2 rings (SSSR count). The molecule has 1 aromatic carbocycles. The lowest BCUT2D eigenvalue weighted by atomic mass is 9.94. The molecule has 98 valence electrons. The molecular formula is C13H15BrClNO2. The minimum Gasteiger partial charge on any atom is -0.376 e. The van der Waals surface area contributed by atoms with Crippen molar-refractivity contribution < 1.29 is 9.53 Å². The first-order valence-corrected chi connectivity index (χ1v) is 6.99. The highest BCUT2D eigenvalue weighted by Crippen LogP contribution is 2.27. The largest absolute Gasteiger partial charge is 0.376 e. The molecule has 0 bridgehead atoms. The molecule has 2 unspecified atom stereocenters. The van der Waals surface area contributed by atoms with Gasteiger partial charge in [-0.05, 0) is 54.4 Å². The number of ether oxygens (including phenoxy) is 1. The van der Waals surface area contributed by atoms with E-state index in [2.05, 4.69) is 21.2 Å². The zero-order chi connectivity index (χ0) is 13.3. The van der Waals surface area contributed by atoms with E-state index in [-0.39, 0.29) is 17.6 Å². The Kier molecular flexibility index (Phi) is 3.99. The summed E-state index contributed by atoms with van der Waals surface area (Å²) >= 11 is 9.28. The van der Waals surface area contributed by atoms with Gasteiger partial charge in [-0.3, -0.25) is 4.79 Å². The summed E-state index contributed by atoms with van der Waals surface area (Å²) in [7, 11) is 0. The Labute approximate surface area is 120 Å². The molecular weight excluding hydrogens is 318 g/mol. The Balaban J connectivity index is 2.19. The minimum atomic E-state index is -0.321. The maximum atomic E-state index is 12.3. The van der Waals surface area contributed by atoms with Gasteiger partial charge in [0.15, 0.2) is 0 Å². The highest BCUT2D eigenvalue weighted by atomic mass is 79.9. The second kappa shape index (κ2) is 5.19. The van der Waals surface area contributed by atoms with Crippen molar-refractivity contribution in [2.45, 2.75) is 31.9 Å². The fraction of sp³-hybridized carbons (Fsp3) is 0.462. The Morgan fingerprint density at radius 2 is 2.33 bits per heavy atom. The summed E-state index contributed by atoms with van der Waals surface area (Å²) < 4.78 is 6.24. The number of halogens is 2. The van der Waals surface area contributed by atoms with Crippen LogP contribution >= 0.6 is 27.5 Å². The third kappa shape index (κ3) is 2.71. The third-order valence-corrected chi connectivity index (χ3v) is 4.39. The molecule has 1 aliphatic rings. The standard InChI is InChI=1S/C13H15BrClNO2/c1-8-13(2,5-6-18-8)16-12(17)10-7-9(15)3-4-11(10)14/h3-4,7-8H,5-6H2,1-2H3,(H,16,17). The fourth-order valence-electron chi connectivity index (χ4n) is 2.00. The van der Waals surface area contributed by atoms with Crippen LogP contribution in [-0.2, 0) is 4.74 Å². The quantitative estimate of drug-likeness (QED) is 0.901. The number of amides is 1. The number of benzene rings is 1. The first-order chi connectivity index (χ1) is 8.42. The van der Waals surface area contributed by atoms with Gasteiger partial charge in [0.05, 0.1) is 17.2 Å². The maximum absolute atomic E-state index is 12.3. The number of rotatable bonds is 2. The van der Waals surface area contributed by atoms with Gasteiger partial charge in [-0.15, -0.1) is 0 Å². The lowest BCUT2D eigenvalue weighted by Gasteiger charge is -2.29. The summed E-state index contributed by atoms with van der Waals surface area (Å²) in [6.07, 6.45) is 0.831. The van der Waals surface area contributed by atoms with E-state index in [1.807, 2.05) is 13.8 Å². The van der Waals surface area contributed by atoms with Crippen molar-refractivity contribution in [1.82, 2.24) is 5.32 Å². The van der Waals surface area contributed by atoms with Gasteiger partial charge in [0.1, 0.15) is 0 Å². The van der Waals surface area contributed by atoms with Gasteiger partial charge in [0, 0.05) is 16.1 Å². The van der Waals surface area contributed by atoms with Crippen LogP contribution in [-0.4, -0.2) is 24.2 Å². The molecule has 18 heavy (non-hydrogen) atoms. The topological polar surface area (TPSA) is 38.3 Å². The molecule has 1 fully saturated rings. The van der Waals surface area contributed by atoms with Gasteiger partial charge < -0.3 is 10.1 Å². The predicted molar refractivity (Wildman–Crippen MR) is 75.1 cm³/mol. The first-order valence-electron chi connectivity index (χ1n) is 5.81. The first kappa shape index (κ1) is 13.8. The second-order valence-corrected chi connectivity index (χ2v) is 6.05. The molecule has 0 aromatic heterocycles. The molecule has 2 atom stereocenters. The van der Waals surface area contributed by atoms with Crippen LogP contribution in [0, 0.1) is 0 Å². The van der Waals surface area contributed by atoms with Crippen LogP contribution in [0.2, 0.25) is 5.02 Å². The van der Waals surface area contributed by atoms with Crippen molar-refractivity contribution in [3.63, 3.8) is 0 Å². The Morgan fingerprint density at radius 3 is 2.94 bits per heavy atom. The van der Waals surface area contributed by atoms with Crippen LogP contribution in [0.5, 0.6) is 0 Å². The normalized spacial score (nSPS) is 27.2. The zero-order valence-corrected chi connectivity index (χ0v) is 12.6. The number of hydrogen-bond donors (Lipinski definition) is 1. The number of carbonyl (C=O) groups excluding carboxylic acids is 1. The van der Waals surface area contributed by atoms with Gasteiger partial charge in [0.2, 0.25) is 0 Å². The van der Waals surface area contributed by atoms with Crippen LogP contribution in [0.3, 0.4) is 0 Å². The highest BCUT2D eigenvalue weighted by molar-refractivity contribution is 9.10. The average molecular weight is 333 g/mol. The van der Waals surface area contributed by atoms with Gasteiger partial charge in [-0.2, -0.15) is 0 Å². The molecule has 1 N–H and O–H groups in total. The lowest BCUT2D eigenvalue weighted by Crippen LogP contribution is -2.50. The molecule has 1 aromatic rings. The second-order valence-electron chi connectivity index (χ2n) is 4.76. The van der Waals surface area contributed by atoms with E-state index < -0.39 is 0 Å². The van der Waals surface area contributed by atoms with Gasteiger partial charge in [-0.1, -0.05) is 11.6 Å². The van der Waals surface area contributed by atoms with E-state index in [1.165, 1.54) is 0 Å². The van der Waals surface area contributed by atoms with Crippen LogP contribution in [0.4, 0.5) is 0 Å². The Hall–Kier alpha value is -0.580. The number of hydrogen-bond acceptors (Lipinski definition) is 2. The molecule has 0 saturated carbocycles. The predicted octanol–water partition coefficient (Wildman–Crippen LogP) is 3.40. The van der Waals surface area contributed by atoms with Gasteiger partial charge in [0.25, 0.3) is 5.91 Å².